The number of hydrogen-bond donors (Lipinski definition) is 0. The summed E-state index contributed by atoms with van der Waals surface area (Å²) in [6.07, 6.45) is 1.42. The van der Waals surface area contributed by atoms with Gasteiger partial charge in [-0.2, -0.15) is 0 Å². The van der Waals surface area contributed by atoms with Gasteiger partial charge in [0.2, 0.25) is 0 Å². The van der Waals surface area contributed by atoms with E-state index < -0.39 is 0 Å². The van der Waals surface area contributed by atoms with Crippen molar-refractivity contribution in [3.05, 3.63) is 0 Å². The minimum Gasteiger partial charge on any atom is -0.0622 e. The molecule has 1 fully saturated rings. The fourth-order valence-electron chi connectivity index (χ4n) is 1.80. The highest BCUT2D eigenvalue weighted by atomic mass is 14.5. The van der Waals surface area contributed by atoms with Crippen molar-refractivity contribution in [1.29, 1.82) is 0 Å². The molecule has 1 unspecified atom stereocenters. The molecule has 0 bridgehead atoms. The molecule has 48 valence electrons. The van der Waals surface area contributed by atoms with E-state index in [0.717, 1.165) is 11.8 Å². The molecular weight excluding hydrogens is 96.1 g/mol. The normalized spacial score (nSPS) is 43.5. The van der Waals surface area contributed by atoms with E-state index in [4.69, 9.17) is 0 Å². The summed E-state index contributed by atoms with van der Waals surface area (Å²) in [6, 6.07) is 0. The average molecular weight is 112 g/mol. The summed E-state index contributed by atoms with van der Waals surface area (Å²) in [5.74, 6) is 1.92. The van der Waals surface area contributed by atoms with Crippen LogP contribution in [0.15, 0.2) is 0 Å². The Morgan fingerprint density at radius 1 is 1.25 bits per heavy atom. The largest absolute Gasteiger partial charge is 0.0622 e. The summed E-state index contributed by atoms with van der Waals surface area (Å²) in [5, 5.41) is 0. The summed E-state index contributed by atoms with van der Waals surface area (Å²) in [4.78, 5) is 0. The van der Waals surface area contributed by atoms with Crippen molar-refractivity contribution < 1.29 is 0 Å². The van der Waals surface area contributed by atoms with Crippen molar-refractivity contribution in [3.63, 3.8) is 0 Å². The molecule has 0 aromatic heterocycles. The van der Waals surface area contributed by atoms with E-state index >= 15 is 0 Å². The van der Waals surface area contributed by atoms with Gasteiger partial charge < -0.3 is 0 Å². The van der Waals surface area contributed by atoms with Crippen LogP contribution >= 0.6 is 0 Å². The van der Waals surface area contributed by atoms with Crippen LogP contribution in [0.25, 0.3) is 0 Å². The number of rotatable bonds is 0. The van der Waals surface area contributed by atoms with Gasteiger partial charge in [-0.3, -0.25) is 0 Å². The molecule has 8 heavy (non-hydrogen) atoms. The third kappa shape index (κ3) is 0.667. The Morgan fingerprint density at radius 3 is 1.75 bits per heavy atom. The lowest BCUT2D eigenvalue weighted by molar-refractivity contribution is 0.0151. The van der Waals surface area contributed by atoms with Crippen LogP contribution in [0.5, 0.6) is 0 Å². The molecule has 0 aromatic rings. The van der Waals surface area contributed by atoms with Crippen molar-refractivity contribution in [2.24, 2.45) is 17.3 Å². The maximum atomic E-state index is 2.36. The molecule has 1 saturated carbocycles. The Morgan fingerprint density at radius 2 is 1.75 bits per heavy atom. The van der Waals surface area contributed by atoms with Gasteiger partial charge in [-0.25, -0.2) is 0 Å². The highest BCUT2D eigenvalue weighted by Crippen LogP contribution is 2.49. The molecule has 0 nitrogen and oxygen atoms in total. The van der Waals surface area contributed by atoms with E-state index in [2.05, 4.69) is 27.7 Å². The summed E-state index contributed by atoms with van der Waals surface area (Å²) in [5.41, 5.74) is 0.652. The molecule has 0 saturated heterocycles. The van der Waals surface area contributed by atoms with E-state index in [9.17, 15) is 0 Å². The van der Waals surface area contributed by atoms with Gasteiger partial charge >= 0.3 is 0 Å². The molecule has 0 radical (unpaired) electrons. The van der Waals surface area contributed by atoms with Crippen molar-refractivity contribution in [2.45, 2.75) is 34.1 Å². The minimum atomic E-state index is 0.652. The molecule has 0 aromatic carbocycles. The van der Waals surface area contributed by atoms with Gasteiger partial charge in [0.25, 0.3) is 0 Å². The quantitative estimate of drug-likeness (QED) is 0.452. The maximum Gasteiger partial charge on any atom is -0.0323 e. The van der Waals surface area contributed by atoms with Gasteiger partial charge in [-0.1, -0.05) is 27.7 Å². The average Bonchev–Trinajstić information content (AvgIpc) is 1.65. The minimum absolute atomic E-state index is 0.652. The lowest BCUT2D eigenvalue weighted by Gasteiger charge is -2.48. The van der Waals surface area contributed by atoms with Gasteiger partial charge in [0.05, 0.1) is 0 Å². The van der Waals surface area contributed by atoms with E-state index in [-0.39, 0.29) is 0 Å². The highest BCUT2D eigenvalue weighted by Gasteiger charge is 2.40. The first kappa shape index (κ1) is 6.12. The molecule has 0 heteroatoms. The molecule has 1 aliphatic rings. The molecule has 0 aliphatic heterocycles. The highest BCUT2D eigenvalue weighted by molar-refractivity contribution is 4.90. The van der Waals surface area contributed by atoms with Crippen LogP contribution < -0.4 is 0 Å². The molecular formula is C8H16. The zero-order valence-corrected chi connectivity index (χ0v) is 6.36. The smallest absolute Gasteiger partial charge is 0.0323 e. The Kier molecular flexibility index (Phi) is 1.14. The van der Waals surface area contributed by atoms with Crippen molar-refractivity contribution in [3.8, 4) is 0 Å². The van der Waals surface area contributed by atoms with E-state index in [1.54, 1.807) is 0 Å². The first-order valence-electron chi connectivity index (χ1n) is 3.54. The molecule has 0 N–H and O–H groups in total. The fourth-order valence-corrected chi connectivity index (χ4v) is 1.80. The predicted octanol–water partition coefficient (Wildman–Crippen LogP) is 2.69. The fraction of sp³-hybridized carbons (Fsp3) is 1.00. The van der Waals surface area contributed by atoms with Gasteiger partial charge in [0, 0.05) is 0 Å². The van der Waals surface area contributed by atoms with Crippen molar-refractivity contribution in [1.82, 2.24) is 0 Å². The van der Waals surface area contributed by atoms with Gasteiger partial charge in [0.1, 0.15) is 0 Å². The van der Waals surface area contributed by atoms with Crippen molar-refractivity contribution >= 4 is 0 Å². The second-order valence-corrected chi connectivity index (χ2v) is 3.96. The van der Waals surface area contributed by atoms with E-state index in [1.807, 2.05) is 0 Å². The lowest BCUT2D eigenvalue weighted by atomic mass is 9.57. The van der Waals surface area contributed by atoms with Gasteiger partial charge in [-0.15, -0.1) is 0 Å². The van der Waals surface area contributed by atoms with Crippen LogP contribution in [0.2, 0.25) is 0 Å². The van der Waals surface area contributed by atoms with E-state index in [0.29, 0.717) is 5.41 Å². The first-order chi connectivity index (χ1) is 3.54. The Labute approximate surface area is 52.3 Å². The number of hydrogen-bond acceptors (Lipinski definition) is 0. The lowest BCUT2D eigenvalue weighted by Crippen LogP contribution is -2.40. The van der Waals surface area contributed by atoms with E-state index in [1.165, 1.54) is 6.42 Å². The molecule has 0 spiro atoms. The monoisotopic (exact) mass is 112 g/mol. The summed E-state index contributed by atoms with van der Waals surface area (Å²) in [7, 11) is 0. The summed E-state index contributed by atoms with van der Waals surface area (Å²) in [6.45, 7) is 9.42. The SMILES string of the molecule is CC1CC(C)(C)[C@@H]1C. The Balaban J connectivity index is 2.47. The molecule has 0 amide bonds. The molecule has 0 heterocycles. The van der Waals surface area contributed by atoms with Crippen LogP contribution in [0.4, 0.5) is 0 Å². The second kappa shape index (κ2) is 1.49. The Hall–Kier alpha value is 0. The standard InChI is InChI=1S/C8H16/c1-6-5-8(3,4)7(6)2/h6-7H,5H2,1-4H3/t6?,7-/m1/s1. The summed E-state index contributed by atoms with van der Waals surface area (Å²) < 4.78 is 0. The predicted molar refractivity (Wildman–Crippen MR) is 36.7 cm³/mol. The van der Waals surface area contributed by atoms with Crippen molar-refractivity contribution in [2.75, 3.05) is 0 Å². The zero-order valence-electron chi connectivity index (χ0n) is 6.36. The topological polar surface area (TPSA) is 0 Å². The van der Waals surface area contributed by atoms with Gasteiger partial charge in [0.15, 0.2) is 0 Å². The first-order valence-corrected chi connectivity index (χ1v) is 3.54. The van der Waals surface area contributed by atoms with Crippen LogP contribution in [0.3, 0.4) is 0 Å². The second-order valence-electron chi connectivity index (χ2n) is 3.96. The molecule has 1 aliphatic carbocycles. The molecule has 1 rings (SSSR count). The van der Waals surface area contributed by atoms with Crippen LogP contribution in [-0.4, -0.2) is 0 Å². The van der Waals surface area contributed by atoms with Crippen LogP contribution in [0, 0.1) is 17.3 Å². The Bertz CT molecular complexity index is 92.2. The third-order valence-corrected chi connectivity index (χ3v) is 2.93. The third-order valence-electron chi connectivity index (χ3n) is 2.93. The zero-order chi connectivity index (χ0) is 6.36. The van der Waals surface area contributed by atoms with Crippen LogP contribution in [0.1, 0.15) is 34.1 Å². The maximum absolute atomic E-state index is 2.36. The summed E-state index contributed by atoms with van der Waals surface area (Å²) >= 11 is 0. The molecule has 2 atom stereocenters. The van der Waals surface area contributed by atoms with Crippen LogP contribution in [-0.2, 0) is 0 Å². The van der Waals surface area contributed by atoms with Gasteiger partial charge in [-0.05, 0) is 23.7 Å².